The van der Waals surface area contributed by atoms with Gasteiger partial charge in [-0.3, -0.25) is 4.79 Å². The second-order valence-electron chi connectivity index (χ2n) is 6.44. The van der Waals surface area contributed by atoms with Gasteiger partial charge in [0.15, 0.2) is 17.7 Å². The van der Waals surface area contributed by atoms with Crippen LogP contribution in [0.1, 0.15) is 33.5 Å². The van der Waals surface area contributed by atoms with E-state index in [4.69, 9.17) is 11.6 Å². The van der Waals surface area contributed by atoms with Gasteiger partial charge in [0.1, 0.15) is 0 Å². The monoisotopic (exact) mass is 517 g/mol. The highest BCUT2D eigenvalue weighted by atomic mass is 79.9. The first-order chi connectivity index (χ1) is 14.5. The molecule has 1 atom stereocenters. The topological polar surface area (TPSA) is 92.1 Å². The minimum atomic E-state index is -4.76. The molecule has 3 aromatic rings. The van der Waals surface area contributed by atoms with Crippen molar-refractivity contribution in [1.82, 2.24) is 20.1 Å². The first-order valence-corrected chi connectivity index (χ1v) is 9.95. The average Bonchev–Trinajstić information content (AvgIpc) is 3.15. The number of hydrogen-bond donors (Lipinski definition) is 3. The molecule has 1 unspecified atom stereocenters. The molecule has 1 amide bonds. The number of pyridine rings is 1. The van der Waals surface area contributed by atoms with E-state index >= 15 is 0 Å². The zero-order chi connectivity index (χ0) is 22.9. The van der Waals surface area contributed by atoms with Crippen molar-refractivity contribution in [2.75, 3.05) is 12.4 Å². The van der Waals surface area contributed by atoms with Crippen LogP contribution in [0.15, 0.2) is 41.0 Å². The molecule has 0 saturated heterocycles. The number of halogens is 5. The summed E-state index contributed by atoms with van der Waals surface area (Å²) in [7, 11) is 1.44. The van der Waals surface area contributed by atoms with Gasteiger partial charge in [-0.25, -0.2) is 9.67 Å². The van der Waals surface area contributed by atoms with Gasteiger partial charge >= 0.3 is 6.18 Å². The van der Waals surface area contributed by atoms with Crippen LogP contribution in [-0.2, 0) is 6.18 Å². The lowest BCUT2D eigenvalue weighted by Gasteiger charge is -2.20. The van der Waals surface area contributed by atoms with Gasteiger partial charge in [0.25, 0.3) is 5.91 Å². The van der Waals surface area contributed by atoms with E-state index in [1.807, 2.05) is 0 Å². The number of anilines is 1. The zero-order valence-electron chi connectivity index (χ0n) is 16.1. The number of hydrogen-bond acceptors (Lipinski definition) is 5. The van der Waals surface area contributed by atoms with Crippen LogP contribution in [0.3, 0.4) is 0 Å². The Balaban J connectivity index is 2.11. The third-order valence-electron chi connectivity index (χ3n) is 4.30. The molecule has 1 aromatic carbocycles. The molecule has 0 fully saturated rings. The Labute approximate surface area is 188 Å². The molecular weight excluding hydrogens is 503 g/mol. The molecule has 0 aliphatic heterocycles. The highest BCUT2D eigenvalue weighted by Gasteiger charge is 2.36. The summed E-state index contributed by atoms with van der Waals surface area (Å²) in [5.41, 5.74) is -0.498. The third kappa shape index (κ3) is 4.83. The molecule has 0 aliphatic carbocycles. The number of aliphatic hydroxyl groups is 1. The number of carbonyl (C=O) groups is 1. The Bertz CT molecular complexity index is 1140. The number of alkyl halides is 3. The summed E-state index contributed by atoms with van der Waals surface area (Å²) in [4.78, 5) is 16.3. The largest absolute Gasteiger partial charge is 0.435 e. The smallest absolute Gasteiger partial charge is 0.368 e. The van der Waals surface area contributed by atoms with E-state index in [1.54, 1.807) is 13.0 Å². The van der Waals surface area contributed by atoms with E-state index in [2.05, 4.69) is 36.6 Å². The summed E-state index contributed by atoms with van der Waals surface area (Å²) in [6.07, 6.45) is -5.10. The Morgan fingerprint density at radius 3 is 2.65 bits per heavy atom. The van der Waals surface area contributed by atoms with Crippen LogP contribution in [-0.4, -0.2) is 32.8 Å². The van der Waals surface area contributed by atoms with Crippen LogP contribution in [0.5, 0.6) is 0 Å². The predicted molar refractivity (Wildman–Crippen MR) is 112 cm³/mol. The maximum absolute atomic E-state index is 13.3. The van der Waals surface area contributed by atoms with E-state index < -0.39 is 24.0 Å². The molecule has 3 rings (SSSR count). The van der Waals surface area contributed by atoms with Gasteiger partial charge in [0.05, 0.1) is 22.0 Å². The number of benzene rings is 1. The molecule has 3 N–H and O–H groups in total. The van der Waals surface area contributed by atoms with Crippen LogP contribution in [0.4, 0.5) is 18.9 Å². The quantitative estimate of drug-likeness (QED) is 0.434. The molecule has 0 spiro atoms. The second kappa shape index (κ2) is 8.85. The summed E-state index contributed by atoms with van der Waals surface area (Å²) in [6.45, 7) is 1.68. The van der Waals surface area contributed by atoms with Crippen molar-refractivity contribution < 1.29 is 23.1 Å². The highest BCUT2D eigenvalue weighted by molar-refractivity contribution is 9.10. The number of rotatable bonds is 5. The SMILES string of the molecule is CNC(=O)c1cc(Br)cc(C)c1NC(O)c1cc(C(F)(F)F)nn1-c1ncccc1Cl. The first-order valence-electron chi connectivity index (χ1n) is 8.77. The van der Waals surface area contributed by atoms with Crippen LogP contribution >= 0.6 is 27.5 Å². The minimum Gasteiger partial charge on any atom is -0.368 e. The summed E-state index contributed by atoms with van der Waals surface area (Å²) in [6, 6.07) is 6.85. The van der Waals surface area contributed by atoms with Gasteiger partial charge in [0.2, 0.25) is 0 Å². The maximum Gasteiger partial charge on any atom is 0.435 e. The van der Waals surface area contributed by atoms with E-state index in [1.165, 1.54) is 31.4 Å². The average molecular weight is 519 g/mol. The van der Waals surface area contributed by atoms with Crippen molar-refractivity contribution >= 4 is 39.1 Å². The summed E-state index contributed by atoms with van der Waals surface area (Å²) < 4.78 is 41.4. The first kappa shape index (κ1) is 23.0. The summed E-state index contributed by atoms with van der Waals surface area (Å²) >= 11 is 9.38. The Hall–Kier alpha value is -2.63. The van der Waals surface area contributed by atoms with Gasteiger partial charge in [-0.15, -0.1) is 0 Å². The number of aryl methyl sites for hydroxylation is 1. The minimum absolute atomic E-state index is 0.0404. The molecule has 164 valence electrons. The predicted octanol–water partition coefficient (Wildman–Crippen LogP) is 4.47. The molecule has 2 heterocycles. The van der Waals surface area contributed by atoms with Crippen molar-refractivity contribution in [2.45, 2.75) is 19.3 Å². The fraction of sp³-hybridized carbons (Fsp3) is 0.211. The van der Waals surface area contributed by atoms with E-state index in [-0.39, 0.29) is 27.8 Å². The lowest BCUT2D eigenvalue weighted by Crippen LogP contribution is -2.22. The fourth-order valence-corrected chi connectivity index (χ4v) is 3.66. The summed E-state index contributed by atoms with van der Waals surface area (Å²) in [5, 5.41) is 19.6. The highest BCUT2D eigenvalue weighted by Crippen LogP contribution is 2.34. The Morgan fingerprint density at radius 2 is 2.03 bits per heavy atom. The summed E-state index contributed by atoms with van der Waals surface area (Å²) in [5.74, 6) is -0.536. The lowest BCUT2D eigenvalue weighted by molar-refractivity contribution is -0.141. The van der Waals surface area contributed by atoms with Gasteiger partial charge in [-0.05, 0) is 42.8 Å². The second-order valence-corrected chi connectivity index (χ2v) is 7.77. The van der Waals surface area contributed by atoms with Crippen LogP contribution in [0, 0.1) is 6.92 Å². The lowest BCUT2D eigenvalue weighted by atomic mass is 10.1. The van der Waals surface area contributed by atoms with Gasteiger partial charge in [-0.2, -0.15) is 18.3 Å². The number of nitrogens with zero attached hydrogens (tertiary/aromatic N) is 3. The molecule has 7 nitrogen and oxygen atoms in total. The third-order valence-corrected chi connectivity index (χ3v) is 5.05. The molecule has 0 saturated carbocycles. The van der Waals surface area contributed by atoms with Crippen LogP contribution in [0.2, 0.25) is 5.02 Å². The fourth-order valence-electron chi connectivity index (χ4n) is 2.89. The number of carbonyl (C=O) groups excluding carboxylic acids is 1. The number of nitrogens with one attached hydrogen (secondary N) is 2. The van der Waals surface area contributed by atoms with Crippen LogP contribution in [0.25, 0.3) is 5.82 Å². The molecule has 2 aromatic heterocycles. The molecule has 0 aliphatic rings. The molecular formula is C19H16BrClF3N5O2. The Morgan fingerprint density at radius 1 is 1.32 bits per heavy atom. The van der Waals surface area contributed by atoms with E-state index in [0.29, 0.717) is 16.1 Å². The van der Waals surface area contributed by atoms with Gasteiger partial charge in [-0.1, -0.05) is 27.5 Å². The molecule has 31 heavy (non-hydrogen) atoms. The number of aromatic nitrogens is 3. The van der Waals surface area contributed by atoms with Gasteiger partial charge in [0, 0.05) is 17.7 Å². The number of amides is 1. The van der Waals surface area contributed by atoms with Gasteiger partial charge < -0.3 is 15.7 Å². The van der Waals surface area contributed by atoms with Crippen molar-refractivity contribution in [3.63, 3.8) is 0 Å². The van der Waals surface area contributed by atoms with Crippen molar-refractivity contribution in [3.8, 4) is 5.82 Å². The standard InChI is InChI=1S/C19H16BrClF3N5O2/c1-9-6-10(20)7-11(17(30)25-2)15(9)27-18(31)13-8-14(19(22,23)24)28-29(13)16-12(21)4-3-5-26-16/h3-8,18,27,31H,1-2H3,(H,25,30). The molecule has 12 heteroatoms. The number of aliphatic hydroxyl groups excluding tert-OH is 1. The maximum atomic E-state index is 13.3. The van der Waals surface area contributed by atoms with Crippen molar-refractivity contribution in [1.29, 1.82) is 0 Å². The van der Waals surface area contributed by atoms with Crippen molar-refractivity contribution in [2.24, 2.45) is 0 Å². The van der Waals surface area contributed by atoms with E-state index in [9.17, 15) is 23.1 Å². The van der Waals surface area contributed by atoms with Crippen LogP contribution < -0.4 is 10.6 Å². The molecule has 0 radical (unpaired) electrons. The molecule has 0 bridgehead atoms. The van der Waals surface area contributed by atoms with E-state index in [0.717, 1.165) is 4.68 Å². The normalized spacial score (nSPS) is 12.5. The van der Waals surface area contributed by atoms with Crippen molar-refractivity contribution in [3.05, 3.63) is 68.5 Å². The Kier molecular flexibility index (Phi) is 6.58. The zero-order valence-corrected chi connectivity index (χ0v) is 18.5.